The van der Waals surface area contributed by atoms with E-state index in [1.807, 2.05) is 12.1 Å². The summed E-state index contributed by atoms with van der Waals surface area (Å²) in [6.07, 6.45) is 18.5. The van der Waals surface area contributed by atoms with Gasteiger partial charge in [0.1, 0.15) is 0 Å². The third-order valence-electron chi connectivity index (χ3n) is 15.1. The lowest BCUT2D eigenvalue weighted by atomic mass is 9.70. The second-order valence-corrected chi connectivity index (χ2v) is 20.5. The summed E-state index contributed by atoms with van der Waals surface area (Å²) in [5, 5.41) is 15.3. The van der Waals surface area contributed by atoms with Crippen molar-refractivity contribution in [3.63, 3.8) is 0 Å². The van der Waals surface area contributed by atoms with Crippen LogP contribution in [-0.4, -0.2) is 27.7 Å². The Bertz CT molecular complexity index is 3000. The minimum absolute atomic E-state index is 0.0347. The van der Waals surface area contributed by atoms with Gasteiger partial charge >= 0.3 is 5.97 Å². The number of benzene rings is 5. The molecule has 10 rings (SSSR count). The van der Waals surface area contributed by atoms with Crippen LogP contribution in [0.15, 0.2) is 157 Å². The van der Waals surface area contributed by atoms with Crippen molar-refractivity contribution < 1.29 is 14.7 Å². The Morgan fingerprint density at radius 3 is 1.63 bits per heavy atom. The number of fused-ring (bicyclic) bond motifs is 6. The molecule has 3 aliphatic rings. The Morgan fingerprint density at radius 2 is 1.13 bits per heavy atom. The number of thiophene rings is 1. The monoisotopic (exact) mass is 942 g/mol. The number of rotatable bonds is 19. The maximum Gasteiger partial charge on any atom is 0.357 e. The maximum atomic E-state index is 13.6. The SMILES string of the molecule is CCCCC1(CCCC)c2ccccc2-c2ccc(N(c3ccc(-c4ccc(/C=C5\C(=O)N(c6cccnc6)N=C5C(=O)O)s4)cc3)c3ccc4c(c3)C(CCCC)(CCCC)c3ccccc3-4)cc21. The molecule has 0 bridgehead atoms. The minimum atomic E-state index is -1.26. The van der Waals surface area contributed by atoms with Crippen molar-refractivity contribution in [3.8, 4) is 32.7 Å². The van der Waals surface area contributed by atoms with E-state index in [9.17, 15) is 14.7 Å². The molecule has 5 aromatic carbocycles. The molecule has 0 saturated carbocycles. The van der Waals surface area contributed by atoms with Crippen molar-refractivity contribution >= 4 is 57.8 Å². The molecule has 8 heteroatoms. The smallest absolute Gasteiger partial charge is 0.357 e. The van der Waals surface area contributed by atoms with E-state index in [-0.39, 0.29) is 22.1 Å². The zero-order valence-electron chi connectivity index (χ0n) is 40.9. The molecule has 0 saturated heterocycles. The number of hydrazone groups is 1. The molecule has 0 atom stereocenters. The second-order valence-electron chi connectivity index (χ2n) is 19.4. The molecule has 354 valence electrons. The van der Waals surface area contributed by atoms with Crippen LogP contribution in [0.3, 0.4) is 0 Å². The van der Waals surface area contributed by atoms with Crippen molar-refractivity contribution in [1.82, 2.24) is 4.98 Å². The summed E-state index contributed by atoms with van der Waals surface area (Å²) in [4.78, 5) is 34.3. The van der Waals surface area contributed by atoms with Crippen LogP contribution in [0.2, 0.25) is 0 Å². The number of carbonyl (C=O) groups excluding carboxylic acids is 1. The number of aliphatic carboxylic acids is 1. The summed E-state index contributed by atoms with van der Waals surface area (Å²) < 4.78 is 0. The maximum absolute atomic E-state index is 13.6. The van der Waals surface area contributed by atoms with Crippen LogP contribution in [-0.2, 0) is 20.4 Å². The minimum Gasteiger partial charge on any atom is -0.476 e. The third kappa shape index (κ3) is 8.20. The predicted octanol–water partition coefficient (Wildman–Crippen LogP) is 16.4. The molecule has 1 N–H and O–H groups in total. The average molecular weight is 943 g/mol. The summed E-state index contributed by atoms with van der Waals surface area (Å²) in [6, 6.07) is 49.1. The normalized spacial score (nSPS) is 15.4. The lowest BCUT2D eigenvalue weighted by Gasteiger charge is -2.35. The fourth-order valence-electron chi connectivity index (χ4n) is 11.7. The first kappa shape index (κ1) is 46.8. The number of hydrogen-bond donors (Lipinski definition) is 1. The van der Waals surface area contributed by atoms with E-state index in [1.165, 1.54) is 87.7 Å². The van der Waals surface area contributed by atoms with Gasteiger partial charge in [-0.3, -0.25) is 9.78 Å². The first-order valence-electron chi connectivity index (χ1n) is 25.5. The van der Waals surface area contributed by atoms with E-state index in [4.69, 9.17) is 0 Å². The Balaban J connectivity index is 1.08. The Kier molecular flexibility index (Phi) is 13.3. The number of hydrogen-bond acceptors (Lipinski definition) is 6. The Hall–Kier alpha value is -6.90. The quantitative estimate of drug-likeness (QED) is 0.0816. The summed E-state index contributed by atoms with van der Waals surface area (Å²) in [5.41, 5.74) is 15.8. The topological polar surface area (TPSA) is 86.1 Å². The van der Waals surface area contributed by atoms with Crippen molar-refractivity contribution in [2.24, 2.45) is 5.10 Å². The fraction of sp³-hybridized carbons (Fsp3) is 0.290. The lowest BCUT2D eigenvalue weighted by Crippen LogP contribution is -2.26. The number of carboxylic acids is 1. The summed E-state index contributed by atoms with van der Waals surface area (Å²) >= 11 is 1.51. The molecule has 0 fully saturated rings. The summed E-state index contributed by atoms with van der Waals surface area (Å²) in [5.74, 6) is -1.76. The molecule has 7 nitrogen and oxygen atoms in total. The predicted molar refractivity (Wildman–Crippen MR) is 290 cm³/mol. The number of nitrogens with zero attached hydrogens (tertiary/aromatic N) is 4. The summed E-state index contributed by atoms with van der Waals surface area (Å²) in [6.45, 7) is 9.26. The van der Waals surface area contributed by atoms with E-state index < -0.39 is 11.9 Å². The molecular weight excluding hydrogens is 881 g/mol. The highest BCUT2D eigenvalue weighted by Gasteiger charge is 2.44. The number of pyridine rings is 1. The number of carboxylic acid groups (broad SMARTS) is 1. The van der Waals surface area contributed by atoms with Crippen LogP contribution in [0.5, 0.6) is 0 Å². The van der Waals surface area contributed by atoms with Crippen LogP contribution in [0.4, 0.5) is 22.7 Å². The molecule has 0 unspecified atom stereocenters. The number of aromatic nitrogens is 1. The van der Waals surface area contributed by atoms with Crippen LogP contribution in [0.1, 0.15) is 132 Å². The van der Waals surface area contributed by atoms with Crippen molar-refractivity contribution in [1.29, 1.82) is 0 Å². The van der Waals surface area contributed by atoms with Crippen LogP contribution in [0.25, 0.3) is 38.8 Å². The van der Waals surface area contributed by atoms with E-state index >= 15 is 0 Å². The van der Waals surface area contributed by atoms with Crippen molar-refractivity contribution in [2.45, 2.75) is 116 Å². The molecule has 1 amide bonds. The highest BCUT2D eigenvalue weighted by molar-refractivity contribution is 7.16. The van der Waals surface area contributed by atoms with Gasteiger partial charge in [-0.15, -0.1) is 11.3 Å². The van der Waals surface area contributed by atoms with Gasteiger partial charge in [-0.2, -0.15) is 10.1 Å². The van der Waals surface area contributed by atoms with Gasteiger partial charge in [0.15, 0.2) is 5.71 Å². The van der Waals surface area contributed by atoms with E-state index in [0.717, 1.165) is 88.8 Å². The molecule has 0 radical (unpaired) electrons. The molecule has 0 spiro atoms. The molecule has 7 aromatic rings. The second kappa shape index (κ2) is 19.8. The first-order valence-corrected chi connectivity index (χ1v) is 26.3. The molecule has 2 aromatic heterocycles. The molecular formula is C62H62N4O3S. The number of carbonyl (C=O) groups is 2. The van der Waals surface area contributed by atoms with Gasteiger partial charge in [-0.1, -0.05) is 152 Å². The third-order valence-corrected chi connectivity index (χ3v) is 16.2. The Labute approximate surface area is 417 Å². The zero-order chi connectivity index (χ0) is 48.4. The Morgan fingerprint density at radius 1 is 0.614 bits per heavy atom. The van der Waals surface area contributed by atoms with Crippen LogP contribution in [0, 0.1) is 0 Å². The molecule has 1 aliphatic heterocycles. The number of unbranched alkanes of at least 4 members (excludes halogenated alkanes) is 4. The molecule has 2 aliphatic carbocycles. The molecule has 70 heavy (non-hydrogen) atoms. The van der Waals surface area contributed by atoms with E-state index in [1.54, 1.807) is 24.4 Å². The number of amides is 1. The van der Waals surface area contributed by atoms with Gasteiger partial charge in [0, 0.05) is 43.8 Å². The average Bonchev–Trinajstić information content (AvgIpc) is 4.14. The lowest BCUT2D eigenvalue weighted by molar-refractivity contribution is -0.129. The van der Waals surface area contributed by atoms with Crippen molar-refractivity contribution in [2.75, 3.05) is 9.91 Å². The van der Waals surface area contributed by atoms with Crippen LogP contribution < -0.4 is 9.91 Å². The molecule has 3 heterocycles. The van der Waals surface area contributed by atoms with Gasteiger partial charge in [0.05, 0.1) is 17.5 Å². The van der Waals surface area contributed by atoms with Gasteiger partial charge < -0.3 is 10.0 Å². The van der Waals surface area contributed by atoms with Gasteiger partial charge in [-0.05, 0) is 142 Å². The zero-order valence-corrected chi connectivity index (χ0v) is 41.7. The first-order chi connectivity index (χ1) is 34.2. The van der Waals surface area contributed by atoms with E-state index in [0.29, 0.717) is 5.69 Å². The standard InChI is InChI=1S/C62H62N4O3S/c1-5-9-33-61(34-10-6-2)53-21-15-13-19-48(53)50-30-27-44(38-55(50)61)65(45-28-31-51-49-20-14-16-22-54(49)62(35-11-7-3,36-12-8-4)56(51)39-45)43-25-23-42(24-26-43)57-32-29-47(70-57)40-52-58(60(68)69)64-66(59(52)67)46-18-17-37-63-41-46/h13-32,37-41H,5-12,33-36H2,1-4H3,(H,68,69)/b52-40-. The number of anilines is 4. The highest BCUT2D eigenvalue weighted by Crippen LogP contribution is 2.58. The van der Waals surface area contributed by atoms with Crippen LogP contribution >= 0.6 is 11.3 Å². The van der Waals surface area contributed by atoms with Gasteiger partial charge in [0.2, 0.25) is 0 Å². The summed E-state index contributed by atoms with van der Waals surface area (Å²) in [7, 11) is 0. The van der Waals surface area contributed by atoms with Crippen molar-refractivity contribution in [3.05, 3.63) is 179 Å². The fourth-order valence-corrected chi connectivity index (χ4v) is 12.7. The van der Waals surface area contributed by atoms with E-state index in [2.05, 4.69) is 152 Å². The van der Waals surface area contributed by atoms with Gasteiger partial charge in [-0.25, -0.2) is 4.79 Å². The largest absolute Gasteiger partial charge is 0.476 e. The van der Waals surface area contributed by atoms with Gasteiger partial charge in [0.25, 0.3) is 5.91 Å². The highest BCUT2D eigenvalue weighted by atomic mass is 32.1.